The Balaban J connectivity index is 1.93. The van der Waals surface area contributed by atoms with Crippen LogP contribution in [0.2, 0.25) is 0 Å². The second kappa shape index (κ2) is 6.03. The highest BCUT2D eigenvalue weighted by Crippen LogP contribution is 2.33. The highest BCUT2D eigenvalue weighted by atomic mass is 19.1. The molecule has 1 aliphatic heterocycles. The third-order valence-electron chi connectivity index (χ3n) is 4.17. The van der Waals surface area contributed by atoms with Crippen molar-refractivity contribution in [2.75, 3.05) is 11.9 Å². The topological polar surface area (TPSA) is 42.7 Å². The van der Waals surface area contributed by atoms with Crippen molar-refractivity contribution in [1.29, 1.82) is 0 Å². The van der Waals surface area contributed by atoms with Gasteiger partial charge >= 0.3 is 0 Å². The maximum absolute atomic E-state index is 14.3. The first-order valence-electron chi connectivity index (χ1n) is 7.96. The van der Waals surface area contributed by atoms with Gasteiger partial charge in [-0.1, -0.05) is 6.07 Å². The van der Waals surface area contributed by atoms with Crippen LogP contribution in [0.3, 0.4) is 0 Å². The minimum atomic E-state index is -0.640. The van der Waals surface area contributed by atoms with Crippen LogP contribution in [0.1, 0.15) is 18.4 Å². The van der Waals surface area contributed by atoms with Gasteiger partial charge in [-0.05, 0) is 43.5 Å². The molecular weight excluding hydrogens is 310 g/mol. The smallest absolute Gasteiger partial charge is 0.151 e. The van der Waals surface area contributed by atoms with Gasteiger partial charge in [-0.2, -0.15) is 5.10 Å². The third-order valence-corrected chi connectivity index (χ3v) is 4.17. The van der Waals surface area contributed by atoms with Crippen LogP contribution in [0.15, 0.2) is 42.6 Å². The second-order valence-corrected chi connectivity index (χ2v) is 5.78. The Bertz CT molecular complexity index is 874. The number of benzene rings is 1. The molecule has 24 heavy (non-hydrogen) atoms. The van der Waals surface area contributed by atoms with E-state index in [0.717, 1.165) is 54.6 Å². The van der Waals surface area contributed by atoms with Gasteiger partial charge in [-0.3, -0.25) is 4.98 Å². The largest absolute Gasteiger partial charge is 0.370 e. The molecule has 0 atom stereocenters. The number of anilines is 1. The summed E-state index contributed by atoms with van der Waals surface area (Å²) in [6.07, 6.45) is 4.61. The fraction of sp³-hybridized carbons (Fsp3) is 0.222. The van der Waals surface area contributed by atoms with E-state index in [0.29, 0.717) is 0 Å². The lowest BCUT2D eigenvalue weighted by Crippen LogP contribution is -2.08. The third kappa shape index (κ3) is 2.54. The van der Waals surface area contributed by atoms with E-state index in [-0.39, 0.29) is 5.69 Å². The zero-order valence-electron chi connectivity index (χ0n) is 13.0. The molecule has 4 nitrogen and oxygen atoms in total. The molecular formula is C18H16F2N4. The van der Waals surface area contributed by atoms with Gasteiger partial charge in [0, 0.05) is 24.4 Å². The molecule has 0 saturated carbocycles. The number of pyridine rings is 1. The number of nitrogens with zero attached hydrogens (tertiary/aromatic N) is 3. The lowest BCUT2D eigenvalue weighted by atomic mass is 10.1. The summed E-state index contributed by atoms with van der Waals surface area (Å²) in [7, 11) is 0. The second-order valence-electron chi connectivity index (χ2n) is 5.78. The van der Waals surface area contributed by atoms with Gasteiger partial charge in [0.05, 0.1) is 5.69 Å². The quantitative estimate of drug-likeness (QED) is 0.775. The Morgan fingerprint density at radius 2 is 2.00 bits per heavy atom. The number of rotatable bonds is 2. The van der Waals surface area contributed by atoms with E-state index in [9.17, 15) is 8.78 Å². The van der Waals surface area contributed by atoms with Crippen molar-refractivity contribution >= 4 is 5.82 Å². The average molecular weight is 326 g/mol. The molecule has 0 unspecified atom stereocenters. The minimum absolute atomic E-state index is 0.226. The van der Waals surface area contributed by atoms with E-state index in [1.54, 1.807) is 6.20 Å². The average Bonchev–Trinajstić information content (AvgIpc) is 2.78. The molecule has 0 fully saturated rings. The van der Waals surface area contributed by atoms with Crippen LogP contribution in [0, 0.1) is 11.6 Å². The van der Waals surface area contributed by atoms with Gasteiger partial charge in [-0.15, -0.1) is 0 Å². The number of aromatic nitrogens is 3. The maximum Gasteiger partial charge on any atom is 0.151 e. The molecule has 0 aliphatic carbocycles. The van der Waals surface area contributed by atoms with Gasteiger partial charge in [0.25, 0.3) is 0 Å². The van der Waals surface area contributed by atoms with Gasteiger partial charge in [0.1, 0.15) is 23.0 Å². The number of hydrogen-bond donors (Lipinski definition) is 1. The summed E-state index contributed by atoms with van der Waals surface area (Å²) in [5.41, 5.74) is 2.74. The molecule has 1 N–H and O–H groups in total. The van der Waals surface area contributed by atoms with Crippen LogP contribution in [-0.4, -0.2) is 21.3 Å². The minimum Gasteiger partial charge on any atom is -0.370 e. The number of hydrogen-bond acceptors (Lipinski definition) is 3. The molecule has 6 heteroatoms. The molecule has 0 amide bonds. The van der Waals surface area contributed by atoms with Gasteiger partial charge in [0.2, 0.25) is 0 Å². The predicted octanol–water partition coefficient (Wildman–Crippen LogP) is 3.96. The maximum atomic E-state index is 14.3. The lowest BCUT2D eigenvalue weighted by molar-refractivity contribution is 0.574. The van der Waals surface area contributed by atoms with Gasteiger partial charge in [0.15, 0.2) is 5.82 Å². The molecule has 1 aliphatic rings. The van der Waals surface area contributed by atoms with E-state index in [1.165, 1.54) is 16.8 Å². The van der Waals surface area contributed by atoms with Crippen molar-refractivity contribution in [3.05, 3.63) is 59.8 Å². The number of nitrogens with one attached hydrogen (secondary N) is 1. The highest BCUT2D eigenvalue weighted by molar-refractivity contribution is 5.69. The van der Waals surface area contributed by atoms with Gasteiger partial charge in [-0.25, -0.2) is 13.5 Å². The SMILES string of the molecule is Fc1ccc(-n2nc(-c3ccccn3)c3c2NCCCC3)c(F)c1. The molecule has 1 aromatic carbocycles. The first-order valence-corrected chi connectivity index (χ1v) is 7.96. The van der Waals surface area contributed by atoms with Crippen LogP contribution < -0.4 is 5.32 Å². The summed E-state index contributed by atoms with van der Waals surface area (Å²) in [4.78, 5) is 4.37. The van der Waals surface area contributed by atoms with E-state index in [1.807, 2.05) is 18.2 Å². The molecule has 2 aromatic heterocycles. The van der Waals surface area contributed by atoms with E-state index < -0.39 is 11.6 Å². The molecule has 0 radical (unpaired) electrons. The molecule has 0 saturated heterocycles. The van der Waals surface area contributed by atoms with Crippen molar-refractivity contribution in [2.45, 2.75) is 19.3 Å². The standard InChI is InChI=1S/C18H16F2N4/c19-12-7-8-16(14(20)11-12)24-18-13(5-1-3-10-22-18)17(23-24)15-6-2-4-9-21-15/h2,4,6-9,11,22H,1,3,5,10H2. The molecule has 0 bridgehead atoms. The van der Waals surface area contributed by atoms with Crippen molar-refractivity contribution in [2.24, 2.45) is 0 Å². The van der Waals surface area contributed by atoms with Crippen LogP contribution in [0.4, 0.5) is 14.6 Å². The Labute approximate surface area is 138 Å². The summed E-state index contributed by atoms with van der Waals surface area (Å²) in [6, 6.07) is 9.16. The Hall–Kier alpha value is -2.76. The molecule has 0 spiro atoms. The predicted molar refractivity (Wildman–Crippen MR) is 88.1 cm³/mol. The molecule has 3 heterocycles. The van der Waals surface area contributed by atoms with E-state index >= 15 is 0 Å². The summed E-state index contributed by atoms with van der Waals surface area (Å²) in [5.74, 6) is -0.481. The first-order chi connectivity index (χ1) is 11.7. The summed E-state index contributed by atoms with van der Waals surface area (Å²) >= 11 is 0. The monoisotopic (exact) mass is 326 g/mol. The van der Waals surface area contributed by atoms with Crippen molar-refractivity contribution < 1.29 is 8.78 Å². The van der Waals surface area contributed by atoms with E-state index in [2.05, 4.69) is 15.4 Å². The summed E-state index contributed by atoms with van der Waals surface area (Å²) in [6.45, 7) is 0.795. The number of fused-ring (bicyclic) bond motifs is 1. The van der Waals surface area contributed by atoms with Crippen molar-refractivity contribution in [3.63, 3.8) is 0 Å². The first kappa shape index (κ1) is 14.8. The van der Waals surface area contributed by atoms with Crippen molar-refractivity contribution in [3.8, 4) is 17.1 Å². The Morgan fingerprint density at radius 1 is 1.08 bits per heavy atom. The summed E-state index contributed by atoms with van der Waals surface area (Å²) < 4.78 is 29.0. The highest BCUT2D eigenvalue weighted by Gasteiger charge is 2.23. The zero-order chi connectivity index (χ0) is 16.5. The van der Waals surface area contributed by atoms with Crippen LogP contribution in [0.25, 0.3) is 17.1 Å². The fourth-order valence-electron chi connectivity index (χ4n) is 3.04. The van der Waals surface area contributed by atoms with E-state index in [4.69, 9.17) is 0 Å². The van der Waals surface area contributed by atoms with Gasteiger partial charge < -0.3 is 5.32 Å². The molecule has 4 rings (SSSR count). The normalized spacial score (nSPS) is 13.9. The Kier molecular flexibility index (Phi) is 3.72. The van der Waals surface area contributed by atoms with Crippen LogP contribution in [-0.2, 0) is 6.42 Å². The van der Waals surface area contributed by atoms with Crippen LogP contribution in [0.5, 0.6) is 0 Å². The van der Waals surface area contributed by atoms with Crippen LogP contribution >= 0.6 is 0 Å². The molecule has 122 valence electrons. The van der Waals surface area contributed by atoms with Crippen molar-refractivity contribution in [1.82, 2.24) is 14.8 Å². The fourth-order valence-corrected chi connectivity index (χ4v) is 3.04. The molecule has 3 aromatic rings. The summed E-state index contributed by atoms with van der Waals surface area (Å²) in [5, 5.41) is 7.93. The number of halogens is 2. The lowest BCUT2D eigenvalue weighted by Gasteiger charge is -2.10. The Morgan fingerprint density at radius 3 is 2.79 bits per heavy atom. The zero-order valence-corrected chi connectivity index (χ0v) is 13.0.